The number of hydrogen-bond donors (Lipinski definition) is 2. The first kappa shape index (κ1) is 13.4. The molecule has 0 aromatic carbocycles. The second-order valence-corrected chi connectivity index (χ2v) is 4.08. The maximum absolute atomic E-state index is 10.8. The highest BCUT2D eigenvalue weighted by atomic mass is 16.5. The van der Waals surface area contributed by atoms with E-state index in [0.717, 1.165) is 25.7 Å². The van der Waals surface area contributed by atoms with Crippen molar-refractivity contribution in [2.24, 2.45) is 0 Å². The van der Waals surface area contributed by atoms with E-state index in [9.17, 15) is 4.79 Å². The van der Waals surface area contributed by atoms with Crippen LogP contribution in [0, 0.1) is 0 Å². The summed E-state index contributed by atoms with van der Waals surface area (Å²) < 4.78 is 10.2. The Balaban J connectivity index is 2.10. The van der Waals surface area contributed by atoms with Crippen molar-refractivity contribution in [1.29, 1.82) is 0 Å². The Bertz CT molecular complexity index is 210. The van der Waals surface area contributed by atoms with Gasteiger partial charge in [-0.2, -0.15) is 0 Å². The third kappa shape index (κ3) is 4.92. The van der Waals surface area contributed by atoms with E-state index in [4.69, 9.17) is 14.6 Å². The molecule has 1 aliphatic rings. The molecule has 0 radical (unpaired) electrons. The van der Waals surface area contributed by atoms with Gasteiger partial charge < -0.3 is 19.9 Å². The van der Waals surface area contributed by atoms with Crippen LogP contribution in [0.1, 0.15) is 25.7 Å². The molecule has 1 saturated heterocycles. The molecule has 1 rings (SSSR count). The van der Waals surface area contributed by atoms with E-state index in [2.05, 4.69) is 5.32 Å². The van der Waals surface area contributed by atoms with E-state index >= 15 is 0 Å². The fourth-order valence-corrected chi connectivity index (χ4v) is 1.91. The molecule has 2 unspecified atom stereocenters. The Labute approximate surface area is 96.1 Å². The predicted molar refractivity (Wildman–Crippen MR) is 59.5 cm³/mol. The van der Waals surface area contributed by atoms with Gasteiger partial charge in [0.1, 0.15) is 6.04 Å². The lowest BCUT2D eigenvalue weighted by Crippen LogP contribution is -2.47. The highest BCUT2D eigenvalue weighted by Crippen LogP contribution is 2.15. The molecule has 2 atom stereocenters. The van der Waals surface area contributed by atoms with E-state index < -0.39 is 5.97 Å². The van der Waals surface area contributed by atoms with Gasteiger partial charge in [0.2, 0.25) is 0 Å². The Morgan fingerprint density at radius 1 is 1.38 bits per heavy atom. The molecule has 16 heavy (non-hydrogen) atoms. The summed E-state index contributed by atoms with van der Waals surface area (Å²) in [6.45, 7) is 1.87. The Hall–Kier alpha value is -0.650. The highest BCUT2D eigenvalue weighted by Gasteiger charge is 2.25. The van der Waals surface area contributed by atoms with Gasteiger partial charge in [-0.25, -0.2) is 0 Å². The predicted octanol–water partition coefficient (Wildman–Crippen LogP) is 0.635. The molecule has 0 aromatic rings. The van der Waals surface area contributed by atoms with Crippen molar-refractivity contribution in [3.63, 3.8) is 0 Å². The zero-order chi connectivity index (χ0) is 11.8. The van der Waals surface area contributed by atoms with Crippen LogP contribution in [0.2, 0.25) is 0 Å². The molecule has 1 aliphatic heterocycles. The van der Waals surface area contributed by atoms with Gasteiger partial charge >= 0.3 is 5.97 Å². The molecule has 0 bridgehead atoms. The number of carbonyl (C=O) groups is 1. The fourth-order valence-electron chi connectivity index (χ4n) is 1.91. The monoisotopic (exact) mass is 231 g/mol. The topological polar surface area (TPSA) is 67.8 Å². The van der Waals surface area contributed by atoms with Crippen molar-refractivity contribution in [1.82, 2.24) is 5.32 Å². The van der Waals surface area contributed by atoms with Gasteiger partial charge in [-0.3, -0.25) is 4.79 Å². The number of rotatable bonds is 7. The van der Waals surface area contributed by atoms with Crippen molar-refractivity contribution in [2.45, 2.75) is 37.8 Å². The molecule has 0 aliphatic carbocycles. The minimum absolute atomic E-state index is 0.275. The summed E-state index contributed by atoms with van der Waals surface area (Å²) >= 11 is 0. The van der Waals surface area contributed by atoms with Gasteiger partial charge in [0.25, 0.3) is 0 Å². The van der Waals surface area contributed by atoms with Gasteiger partial charge in [0.05, 0.1) is 13.2 Å². The molecule has 1 fully saturated rings. The van der Waals surface area contributed by atoms with Gasteiger partial charge in [0, 0.05) is 19.8 Å². The molecular formula is C11H21NO4. The van der Waals surface area contributed by atoms with Crippen LogP contribution in [0.15, 0.2) is 0 Å². The summed E-state index contributed by atoms with van der Waals surface area (Å²) in [6.07, 6.45) is 3.62. The van der Waals surface area contributed by atoms with Crippen molar-refractivity contribution in [3.05, 3.63) is 0 Å². The zero-order valence-electron chi connectivity index (χ0n) is 9.78. The summed E-state index contributed by atoms with van der Waals surface area (Å²) in [6, 6.07) is -0.102. The third-order valence-electron chi connectivity index (χ3n) is 2.82. The lowest BCUT2D eigenvalue weighted by Gasteiger charge is -2.28. The molecule has 0 amide bonds. The van der Waals surface area contributed by atoms with E-state index in [-0.39, 0.29) is 12.1 Å². The minimum atomic E-state index is -0.745. The number of hydrogen-bond acceptors (Lipinski definition) is 4. The largest absolute Gasteiger partial charge is 0.480 e. The quantitative estimate of drug-likeness (QED) is 0.629. The number of piperidine rings is 1. The lowest BCUT2D eigenvalue weighted by atomic mass is 9.97. The molecule has 0 aromatic heterocycles. The minimum Gasteiger partial charge on any atom is -0.480 e. The SMILES string of the molecule is COCCOCCC1CCCC(C(=O)O)N1. The molecule has 0 saturated carbocycles. The number of ether oxygens (including phenoxy) is 2. The number of carboxylic acids is 1. The Morgan fingerprint density at radius 2 is 2.19 bits per heavy atom. The van der Waals surface area contributed by atoms with Gasteiger partial charge in [-0.05, 0) is 25.7 Å². The zero-order valence-corrected chi connectivity index (χ0v) is 9.78. The second kappa shape index (κ2) is 7.60. The molecule has 5 nitrogen and oxygen atoms in total. The molecule has 2 N–H and O–H groups in total. The van der Waals surface area contributed by atoms with Crippen LogP contribution in [0.3, 0.4) is 0 Å². The normalized spacial score (nSPS) is 25.6. The van der Waals surface area contributed by atoms with Crippen molar-refractivity contribution in [3.8, 4) is 0 Å². The van der Waals surface area contributed by atoms with Crippen LogP contribution in [-0.4, -0.2) is 50.1 Å². The lowest BCUT2D eigenvalue weighted by molar-refractivity contribution is -0.140. The van der Waals surface area contributed by atoms with Crippen LogP contribution in [0.5, 0.6) is 0 Å². The van der Waals surface area contributed by atoms with E-state index in [1.165, 1.54) is 0 Å². The molecule has 5 heteroatoms. The molecule has 0 spiro atoms. The van der Waals surface area contributed by atoms with Crippen LogP contribution >= 0.6 is 0 Å². The smallest absolute Gasteiger partial charge is 0.320 e. The summed E-state index contributed by atoms with van der Waals surface area (Å²) in [7, 11) is 1.64. The maximum atomic E-state index is 10.8. The summed E-state index contributed by atoms with van der Waals surface area (Å²) in [5.74, 6) is -0.745. The maximum Gasteiger partial charge on any atom is 0.320 e. The van der Waals surface area contributed by atoms with Crippen molar-refractivity contribution in [2.75, 3.05) is 26.9 Å². The fraction of sp³-hybridized carbons (Fsp3) is 0.909. The van der Waals surface area contributed by atoms with E-state index in [0.29, 0.717) is 19.8 Å². The molecule has 94 valence electrons. The molecular weight excluding hydrogens is 210 g/mol. The summed E-state index contributed by atoms with van der Waals surface area (Å²) in [5.41, 5.74) is 0. The van der Waals surface area contributed by atoms with Crippen LogP contribution in [-0.2, 0) is 14.3 Å². The number of nitrogens with one attached hydrogen (secondary N) is 1. The average Bonchev–Trinajstić information content (AvgIpc) is 2.29. The second-order valence-electron chi connectivity index (χ2n) is 4.08. The summed E-state index contributed by atoms with van der Waals surface area (Å²) in [5, 5.41) is 12.0. The van der Waals surface area contributed by atoms with Crippen LogP contribution in [0.4, 0.5) is 0 Å². The van der Waals surface area contributed by atoms with Gasteiger partial charge in [-0.15, -0.1) is 0 Å². The van der Waals surface area contributed by atoms with E-state index in [1.807, 2.05) is 0 Å². The van der Waals surface area contributed by atoms with Crippen LogP contribution in [0.25, 0.3) is 0 Å². The van der Waals surface area contributed by atoms with Crippen molar-refractivity contribution < 1.29 is 19.4 Å². The highest BCUT2D eigenvalue weighted by molar-refractivity contribution is 5.73. The van der Waals surface area contributed by atoms with Crippen LogP contribution < -0.4 is 5.32 Å². The Morgan fingerprint density at radius 3 is 2.88 bits per heavy atom. The average molecular weight is 231 g/mol. The first-order valence-electron chi connectivity index (χ1n) is 5.79. The number of carboxylic acid groups (broad SMARTS) is 1. The standard InChI is InChI=1S/C11H21NO4/c1-15-7-8-16-6-5-9-3-2-4-10(12-9)11(13)14/h9-10,12H,2-8H2,1H3,(H,13,14). The van der Waals surface area contributed by atoms with E-state index in [1.54, 1.807) is 7.11 Å². The Kier molecular flexibility index (Phi) is 6.37. The number of aliphatic carboxylic acids is 1. The van der Waals surface area contributed by atoms with Gasteiger partial charge in [0.15, 0.2) is 0 Å². The van der Waals surface area contributed by atoms with Crippen molar-refractivity contribution >= 4 is 5.97 Å². The number of methoxy groups -OCH3 is 1. The van der Waals surface area contributed by atoms with Gasteiger partial charge in [-0.1, -0.05) is 0 Å². The first-order valence-corrected chi connectivity index (χ1v) is 5.79. The molecule has 1 heterocycles. The third-order valence-corrected chi connectivity index (χ3v) is 2.82. The first-order chi connectivity index (χ1) is 7.74. The summed E-state index contributed by atoms with van der Waals surface area (Å²) in [4.78, 5) is 10.8.